The van der Waals surface area contributed by atoms with Crippen LogP contribution in [0.3, 0.4) is 0 Å². The summed E-state index contributed by atoms with van der Waals surface area (Å²) >= 11 is 0. The number of benzene rings is 1. The van der Waals surface area contributed by atoms with Crippen LogP contribution >= 0.6 is 0 Å². The molecule has 1 aromatic heterocycles. The summed E-state index contributed by atoms with van der Waals surface area (Å²) in [5, 5.41) is 10.1. The molecule has 0 atom stereocenters. The number of aryl methyl sites for hydroxylation is 2. The standard InChI is InChI=1S/C19H26N4O2/c1-12(2)19(25)21-16-8-6-15(7-9-16)20-18(24)11-10-17-13(3)22-23(5)14(17)4/h6-9,12H,10-11H2,1-5H3,(H,20,24)(H,21,25). The van der Waals surface area contributed by atoms with Gasteiger partial charge in [0.05, 0.1) is 5.69 Å². The van der Waals surface area contributed by atoms with Gasteiger partial charge >= 0.3 is 0 Å². The zero-order valence-corrected chi connectivity index (χ0v) is 15.5. The molecule has 0 bridgehead atoms. The summed E-state index contributed by atoms with van der Waals surface area (Å²) < 4.78 is 1.84. The summed E-state index contributed by atoms with van der Waals surface area (Å²) in [4.78, 5) is 23.8. The van der Waals surface area contributed by atoms with E-state index in [9.17, 15) is 9.59 Å². The summed E-state index contributed by atoms with van der Waals surface area (Å²) in [7, 11) is 1.91. The topological polar surface area (TPSA) is 76.0 Å². The Bertz CT molecular complexity index is 760. The number of nitrogens with one attached hydrogen (secondary N) is 2. The van der Waals surface area contributed by atoms with Gasteiger partial charge in [-0.1, -0.05) is 13.8 Å². The molecular weight excluding hydrogens is 316 g/mol. The van der Waals surface area contributed by atoms with Gasteiger partial charge in [0, 0.05) is 36.5 Å². The number of nitrogens with zero attached hydrogens (tertiary/aromatic N) is 2. The predicted octanol–water partition coefficient (Wildman–Crippen LogP) is 3.20. The molecule has 0 fully saturated rings. The highest BCUT2D eigenvalue weighted by atomic mass is 16.2. The van der Waals surface area contributed by atoms with Crippen LogP contribution in [-0.2, 0) is 23.1 Å². The summed E-state index contributed by atoms with van der Waals surface area (Å²) in [6, 6.07) is 7.14. The van der Waals surface area contributed by atoms with Crippen LogP contribution in [0.25, 0.3) is 0 Å². The van der Waals surface area contributed by atoms with E-state index in [1.807, 2.05) is 39.4 Å². The lowest BCUT2D eigenvalue weighted by atomic mass is 10.1. The van der Waals surface area contributed by atoms with Crippen molar-refractivity contribution >= 4 is 23.2 Å². The van der Waals surface area contributed by atoms with E-state index < -0.39 is 0 Å². The maximum atomic E-state index is 12.2. The molecular formula is C19H26N4O2. The average Bonchev–Trinajstić information content (AvgIpc) is 2.79. The maximum Gasteiger partial charge on any atom is 0.226 e. The van der Waals surface area contributed by atoms with Crippen LogP contribution in [0.2, 0.25) is 0 Å². The molecule has 2 N–H and O–H groups in total. The predicted molar refractivity (Wildman–Crippen MR) is 99.5 cm³/mol. The van der Waals surface area contributed by atoms with Crippen molar-refractivity contribution in [3.8, 4) is 0 Å². The van der Waals surface area contributed by atoms with Gasteiger partial charge in [-0.25, -0.2) is 0 Å². The van der Waals surface area contributed by atoms with Gasteiger partial charge in [-0.05, 0) is 50.1 Å². The molecule has 2 aromatic rings. The second-order valence-electron chi connectivity index (χ2n) is 6.54. The fraction of sp³-hybridized carbons (Fsp3) is 0.421. The summed E-state index contributed by atoms with van der Waals surface area (Å²) in [6.45, 7) is 7.66. The third kappa shape index (κ3) is 4.92. The molecule has 0 aliphatic heterocycles. The molecule has 0 unspecified atom stereocenters. The number of hydrogen-bond acceptors (Lipinski definition) is 3. The summed E-state index contributed by atoms with van der Waals surface area (Å²) in [5.41, 5.74) is 4.63. The van der Waals surface area contributed by atoms with Gasteiger partial charge in [-0.15, -0.1) is 0 Å². The SMILES string of the molecule is Cc1nn(C)c(C)c1CCC(=O)Nc1ccc(NC(=O)C(C)C)cc1. The van der Waals surface area contributed by atoms with Gasteiger partial charge in [-0.2, -0.15) is 5.10 Å². The second kappa shape index (κ2) is 7.96. The Labute approximate surface area is 148 Å². The van der Waals surface area contributed by atoms with Crippen molar-refractivity contribution in [2.45, 2.75) is 40.5 Å². The van der Waals surface area contributed by atoms with Crippen LogP contribution in [-0.4, -0.2) is 21.6 Å². The highest BCUT2D eigenvalue weighted by Gasteiger charge is 2.12. The molecule has 134 valence electrons. The number of hydrogen-bond donors (Lipinski definition) is 2. The van der Waals surface area contributed by atoms with Crippen molar-refractivity contribution < 1.29 is 9.59 Å². The van der Waals surface area contributed by atoms with E-state index in [4.69, 9.17) is 0 Å². The molecule has 1 aromatic carbocycles. The average molecular weight is 342 g/mol. The fourth-order valence-corrected chi connectivity index (χ4v) is 2.56. The van der Waals surface area contributed by atoms with Crippen LogP contribution in [0.15, 0.2) is 24.3 Å². The van der Waals surface area contributed by atoms with E-state index in [2.05, 4.69) is 15.7 Å². The Balaban J connectivity index is 1.89. The van der Waals surface area contributed by atoms with E-state index in [-0.39, 0.29) is 17.7 Å². The van der Waals surface area contributed by atoms with Crippen LogP contribution in [0.1, 0.15) is 37.2 Å². The number of rotatable bonds is 6. The molecule has 0 aliphatic rings. The largest absolute Gasteiger partial charge is 0.326 e. The summed E-state index contributed by atoms with van der Waals surface area (Å²) in [6.07, 6.45) is 1.07. The fourth-order valence-electron chi connectivity index (χ4n) is 2.56. The highest BCUT2D eigenvalue weighted by molar-refractivity contribution is 5.93. The molecule has 2 rings (SSSR count). The van der Waals surface area contributed by atoms with Crippen LogP contribution < -0.4 is 10.6 Å². The number of anilines is 2. The number of aromatic nitrogens is 2. The quantitative estimate of drug-likeness (QED) is 0.846. The van der Waals surface area contributed by atoms with Crippen LogP contribution in [0, 0.1) is 19.8 Å². The summed E-state index contributed by atoms with van der Waals surface area (Å²) in [5.74, 6) is -0.139. The molecule has 0 saturated heterocycles. The zero-order chi connectivity index (χ0) is 18.6. The molecule has 2 amide bonds. The Hall–Kier alpha value is -2.63. The first-order valence-corrected chi connectivity index (χ1v) is 8.47. The first kappa shape index (κ1) is 18.7. The van der Waals surface area contributed by atoms with Crippen LogP contribution in [0.4, 0.5) is 11.4 Å². The first-order chi connectivity index (χ1) is 11.8. The number of carbonyl (C=O) groups is 2. The Morgan fingerprint density at radius 3 is 2.12 bits per heavy atom. The minimum atomic E-state index is -0.0706. The van der Waals surface area contributed by atoms with Gasteiger partial charge in [0.15, 0.2) is 0 Å². The maximum absolute atomic E-state index is 12.2. The number of carbonyl (C=O) groups excluding carboxylic acids is 2. The van der Waals surface area contributed by atoms with E-state index in [1.54, 1.807) is 24.3 Å². The lowest BCUT2D eigenvalue weighted by Crippen LogP contribution is -2.17. The molecule has 0 aliphatic carbocycles. The minimum absolute atomic E-state index is 0.0287. The number of amides is 2. The second-order valence-corrected chi connectivity index (χ2v) is 6.54. The lowest BCUT2D eigenvalue weighted by Gasteiger charge is -2.09. The first-order valence-electron chi connectivity index (χ1n) is 8.47. The van der Waals surface area contributed by atoms with E-state index in [0.29, 0.717) is 18.5 Å². The molecule has 1 heterocycles. The highest BCUT2D eigenvalue weighted by Crippen LogP contribution is 2.17. The van der Waals surface area contributed by atoms with Gasteiger partial charge in [0.2, 0.25) is 11.8 Å². The van der Waals surface area contributed by atoms with Gasteiger partial charge < -0.3 is 10.6 Å². The van der Waals surface area contributed by atoms with Crippen molar-refractivity contribution in [2.75, 3.05) is 10.6 Å². The normalized spacial score (nSPS) is 10.8. The van der Waals surface area contributed by atoms with E-state index in [1.165, 1.54) is 0 Å². The molecule has 6 nitrogen and oxygen atoms in total. The van der Waals surface area contributed by atoms with Gasteiger partial charge in [0.1, 0.15) is 0 Å². The van der Waals surface area contributed by atoms with Crippen LogP contribution in [0.5, 0.6) is 0 Å². The monoisotopic (exact) mass is 342 g/mol. The smallest absolute Gasteiger partial charge is 0.226 e. The molecule has 0 saturated carbocycles. The van der Waals surface area contributed by atoms with Crippen molar-refractivity contribution in [3.05, 3.63) is 41.2 Å². The van der Waals surface area contributed by atoms with Crippen molar-refractivity contribution in [1.82, 2.24) is 9.78 Å². The minimum Gasteiger partial charge on any atom is -0.326 e. The zero-order valence-electron chi connectivity index (χ0n) is 15.5. The van der Waals surface area contributed by atoms with E-state index in [0.717, 1.165) is 22.6 Å². The third-order valence-corrected chi connectivity index (χ3v) is 4.22. The molecule has 0 radical (unpaired) electrons. The molecule has 0 spiro atoms. The Kier molecular flexibility index (Phi) is 5.96. The third-order valence-electron chi connectivity index (χ3n) is 4.22. The van der Waals surface area contributed by atoms with Gasteiger partial charge in [0.25, 0.3) is 0 Å². The van der Waals surface area contributed by atoms with E-state index >= 15 is 0 Å². The Morgan fingerprint density at radius 1 is 1.08 bits per heavy atom. The van der Waals surface area contributed by atoms with Crippen molar-refractivity contribution in [3.63, 3.8) is 0 Å². The van der Waals surface area contributed by atoms with Gasteiger partial charge in [-0.3, -0.25) is 14.3 Å². The molecule has 6 heteroatoms. The van der Waals surface area contributed by atoms with Crippen molar-refractivity contribution in [2.24, 2.45) is 13.0 Å². The van der Waals surface area contributed by atoms with Crippen molar-refractivity contribution in [1.29, 1.82) is 0 Å². The molecule has 25 heavy (non-hydrogen) atoms. The lowest BCUT2D eigenvalue weighted by molar-refractivity contribution is -0.119. The Morgan fingerprint density at radius 2 is 1.64 bits per heavy atom.